The van der Waals surface area contributed by atoms with Gasteiger partial charge in [-0.3, -0.25) is 9.59 Å². The molecule has 1 saturated heterocycles. The van der Waals surface area contributed by atoms with E-state index in [4.69, 9.17) is 14.2 Å². The van der Waals surface area contributed by atoms with E-state index in [2.05, 4.69) is 17.6 Å². The van der Waals surface area contributed by atoms with E-state index in [1.807, 2.05) is 0 Å². The molecular formula is C50H80F2N2O10. The molecular weight excluding hydrogens is 827 g/mol. The molecule has 0 spiro atoms. The van der Waals surface area contributed by atoms with Crippen LogP contribution >= 0.6 is 0 Å². The molecule has 12 nitrogen and oxygen atoms in total. The van der Waals surface area contributed by atoms with Crippen LogP contribution in [0.1, 0.15) is 159 Å². The quantitative estimate of drug-likeness (QED) is 0.0342. The maximum absolute atomic E-state index is 13.4. The zero-order valence-electron chi connectivity index (χ0n) is 38.6. The van der Waals surface area contributed by atoms with E-state index in [0.717, 1.165) is 81.4 Å². The van der Waals surface area contributed by atoms with Crippen LogP contribution in [0.3, 0.4) is 0 Å². The van der Waals surface area contributed by atoms with Gasteiger partial charge in [0.25, 0.3) is 0 Å². The van der Waals surface area contributed by atoms with Crippen molar-refractivity contribution in [3.05, 3.63) is 65.2 Å². The minimum Gasteiger partial charge on any atom is -0.497 e. The topological polar surface area (TPSA) is 187 Å². The predicted molar refractivity (Wildman–Crippen MR) is 244 cm³/mol. The van der Waals surface area contributed by atoms with Crippen molar-refractivity contribution in [1.82, 2.24) is 10.6 Å². The number of unbranched alkanes of at least 4 members (excludes halogenated alkanes) is 18. The second kappa shape index (κ2) is 32.4. The second-order valence-corrected chi connectivity index (χ2v) is 17.7. The van der Waals surface area contributed by atoms with E-state index in [9.17, 15) is 43.9 Å². The van der Waals surface area contributed by atoms with E-state index in [0.29, 0.717) is 31.4 Å². The molecule has 3 rings (SSSR count). The van der Waals surface area contributed by atoms with E-state index in [1.165, 1.54) is 57.4 Å². The average molecular weight is 907 g/mol. The average Bonchev–Trinajstić information content (AvgIpc) is 3.29. The Kier molecular flexibility index (Phi) is 27.9. The van der Waals surface area contributed by atoms with Crippen molar-refractivity contribution >= 4 is 11.8 Å². The van der Waals surface area contributed by atoms with Crippen molar-refractivity contribution < 1.29 is 58.1 Å². The number of aryl methyl sites for hydroxylation is 1. The maximum atomic E-state index is 13.4. The number of aliphatic hydroxyl groups excluding tert-OH is 5. The first-order valence-corrected chi connectivity index (χ1v) is 24.2. The van der Waals surface area contributed by atoms with Crippen LogP contribution in [-0.2, 0) is 31.9 Å². The fourth-order valence-electron chi connectivity index (χ4n) is 8.14. The summed E-state index contributed by atoms with van der Waals surface area (Å²) in [5, 5.41) is 60.1. The number of halogens is 2. The number of carbonyl (C=O) groups excluding carboxylic acids is 2. The van der Waals surface area contributed by atoms with Gasteiger partial charge in [0.1, 0.15) is 36.3 Å². The molecule has 2 amide bonds. The number of hydrogen-bond acceptors (Lipinski definition) is 10. The number of benzene rings is 2. The fourth-order valence-corrected chi connectivity index (χ4v) is 8.14. The van der Waals surface area contributed by atoms with E-state index in [-0.39, 0.29) is 37.8 Å². The summed E-state index contributed by atoms with van der Waals surface area (Å²) in [7, 11) is 1.55. The molecule has 1 aliphatic heterocycles. The molecule has 0 radical (unpaired) electrons. The number of nitrogens with one attached hydrogen (secondary N) is 2. The number of hydrogen-bond donors (Lipinski definition) is 7. The summed E-state index contributed by atoms with van der Waals surface area (Å²) in [5.41, 5.74) is 1.52. The van der Waals surface area contributed by atoms with Gasteiger partial charge >= 0.3 is 0 Å². The molecule has 364 valence electrons. The molecule has 0 aliphatic carbocycles. The molecule has 0 aromatic heterocycles. The molecule has 8 atom stereocenters. The minimum atomic E-state index is -1.68. The lowest BCUT2D eigenvalue weighted by Crippen LogP contribution is -2.61. The lowest BCUT2D eigenvalue weighted by molar-refractivity contribution is -0.297. The van der Waals surface area contributed by atoms with Gasteiger partial charge in [0, 0.05) is 13.0 Å². The molecule has 2 aromatic carbocycles. The Labute approximate surface area is 380 Å². The lowest BCUT2D eigenvalue weighted by Gasteiger charge is -2.41. The smallest absolute Gasteiger partial charge is 0.224 e. The van der Waals surface area contributed by atoms with Crippen molar-refractivity contribution in [3.8, 4) is 5.75 Å². The Balaban J connectivity index is 1.46. The number of carbonyl (C=O) groups is 2. The number of ether oxygens (including phenoxy) is 3. The first kappa shape index (κ1) is 55.1. The van der Waals surface area contributed by atoms with Gasteiger partial charge in [0.2, 0.25) is 11.8 Å². The SMILES string of the molecule is CCCCCCCCCCCCCC[C@@H](O)[C@@H](O)[C@H](CO[C@H]1O[C@H](CNC(=O)Cc2ccc(OC)cc2)[C@H](O)[C@H](O)[C@H]1O)NC(=O)CCCCCCCCCCc1ccc(F)c(F)c1. The van der Waals surface area contributed by atoms with Gasteiger partial charge in [-0.1, -0.05) is 141 Å². The largest absolute Gasteiger partial charge is 0.497 e. The number of rotatable bonds is 35. The van der Waals surface area contributed by atoms with E-state index in [1.54, 1.807) is 37.4 Å². The van der Waals surface area contributed by atoms with Gasteiger partial charge in [0.05, 0.1) is 32.3 Å². The van der Waals surface area contributed by atoms with Crippen molar-refractivity contribution in [2.45, 2.75) is 210 Å². The zero-order valence-corrected chi connectivity index (χ0v) is 38.6. The highest BCUT2D eigenvalue weighted by Gasteiger charge is 2.45. The standard InChI is InChI=1S/C50H80F2N2O10/c1-3-4-5-6-7-8-9-10-11-15-18-21-24-42(55)46(58)41(54-44(56)25-22-19-16-13-12-14-17-20-23-36-28-31-39(51)40(52)32-36)35-63-50-49(61)48(60)47(59)43(64-50)34-53-45(57)33-37-26-29-38(62-2)30-27-37/h26-32,41-43,46-50,55,58-61H,3-25,33-35H2,1-2H3,(H,53,57)(H,54,56)/t41-,42+,43+,46-,47-,48-,49+,50-/m0/s1. The lowest BCUT2D eigenvalue weighted by atomic mass is 9.98. The molecule has 7 N–H and O–H groups in total. The van der Waals surface area contributed by atoms with Gasteiger partial charge in [-0.15, -0.1) is 0 Å². The van der Waals surface area contributed by atoms with Crippen molar-refractivity contribution in [1.29, 1.82) is 0 Å². The number of aliphatic hydroxyl groups is 5. The summed E-state index contributed by atoms with van der Waals surface area (Å²) >= 11 is 0. The van der Waals surface area contributed by atoms with E-state index >= 15 is 0 Å². The third-order valence-electron chi connectivity index (χ3n) is 12.2. The van der Waals surface area contributed by atoms with Crippen LogP contribution in [-0.4, -0.2) is 107 Å². The summed E-state index contributed by atoms with van der Waals surface area (Å²) in [6.45, 7) is 1.65. The van der Waals surface area contributed by atoms with Crippen molar-refractivity contribution in [2.75, 3.05) is 20.3 Å². The normalized spacial score (nSPS) is 20.1. The van der Waals surface area contributed by atoms with Gasteiger partial charge < -0.3 is 50.4 Å². The molecule has 0 bridgehead atoms. The first-order chi connectivity index (χ1) is 30.9. The zero-order chi connectivity index (χ0) is 46.5. The third-order valence-corrected chi connectivity index (χ3v) is 12.2. The molecule has 0 unspecified atom stereocenters. The Bertz CT molecular complexity index is 1550. The van der Waals surface area contributed by atoms with E-state index < -0.39 is 60.6 Å². The maximum Gasteiger partial charge on any atom is 0.224 e. The Hall–Kier alpha value is -3.24. The summed E-state index contributed by atoms with van der Waals surface area (Å²) < 4.78 is 43.5. The van der Waals surface area contributed by atoms with Gasteiger partial charge in [-0.25, -0.2) is 8.78 Å². The molecule has 1 aliphatic rings. The molecule has 14 heteroatoms. The molecule has 1 heterocycles. The Morgan fingerprint density at radius 3 is 1.84 bits per heavy atom. The number of amides is 2. The molecule has 64 heavy (non-hydrogen) atoms. The molecule has 1 fully saturated rings. The first-order valence-electron chi connectivity index (χ1n) is 24.2. The molecule has 0 saturated carbocycles. The van der Waals surface area contributed by atoms with Crippen LogP contribution in [0, 0.1) is 11.6 Å². The Morgan fingerprint density at radius 2 is 1.25 bits per heavy atom. The summed E-state index contributed by atoms with van der Waals surface area (Å²) in [4.78, 5) is 25.9. The Morgan fingerprint density at radius 1 is 0.688 bits per heavy atom. The predicted octanol–water partition coefficient (Wildman–Crippen LogP) is 7.51. The van der Waals surface area contributed by atoms with Crippen LogP contribution in [0.5, 0.6) is 5.75 Å². The van der Waals surface area contributed by atoms with Gasteiger partial charge in [0.15, 0.2) is 17.9 Å². The van der Waals surface area contributed by atoms with Crippen LogP contribution < -0.4 is 15.4 Å². The monoisotopic (exact) mass is 907 g/mol. The van der Waals surface area contributed by atoms with Gasteiger partial charge in [-0.2, -0.15) is 0 Å². The summed E-state index contributed by atoms with van der Waals surface area (Å²) in [6, 6.07) is 9.94. The van der Waals surface area contributed by atoms with Crippen molar-refractivity contribution in [3.63, 3.8) is 0 Å². The third kappa shape index (κ3) is 21.8. The summed E-state index contributed by atoms with van der Waals surface area (Å²) in [6.07, 6.45) is 12.4. The minimum absolute atomic E-state index is 0.0463. The second-order valence-electron chi connectivity index (χ2n) is 17.7. The van der Waals surface area contributed by atoms with Crippen LogP contribution in [0.4, 0.5) is 8.78 Å². The highest BCUT2D eigenvalue weighted by Crippen LogP contribution is 2.24. The molecule has 2 aromatic rings. The highest BCUT2D eigenvalue weighted by molar-refractivity contribution is 5.78. The highest BCUT2D eigenvalue weighted by atomic mass is 19.2. The van der Waals surface area contributed by atoms with Crippen LogP contribution in [0.25, 0.3) is 0 Å². The summed E-state index contributed by atoms with van der Waals surface area (Å²) in [5.74, 6) is -1.70. The van der Waals surface area contributed by atoms with Crippen LogP contribution in [0.15, 0.2) is 42.5 Å². The fraction of sp³-hybridized carbons (Fsp3) is 0.720. The van der Waals surface area contributed by atoms with Crippen LogP contribution in [0.2, 0.25) is 0 Å². The van der Waals surface area contributed by atoms with Gasteiger partial charge in [-0.05, 0) is 61.1 Å². The number of methoxy groups -OCH3 is 1. The van der Waals surface area contributed by atoms with Crippen molar-refractivity contribution in [2.24, 2.45) is 0 Å².